The van der Waals surface area contributed by atoms with Crippen LogP contribution in [0.2, 0.25) is 0 Å². The molecule has 0 atom stereocenters. The van der Waals surface area contributed by atoms with E-state index in [1.165, 1.54) is 10.8 Å². The lowest BCUT2D eigenvalue weighted by molar-refractivity contribution is 0.921. The third-order valence-electron chi connectivity index (χ3n) is 2.50. The molecule has 0 amide bonds. The first-order chi connectivity index (χ1) is 7.84. The molecule has 16 heavy (non-hydrogen) atoms. The fraction of sp³-hybridized carbons (Fsp3) is 0. The third-order valence-corrected chi connectivity index (χ3v) is 2.50. The van der Waals surface area contributed by atoms with Crippen molar-refractivity contribution >= 4 is 5.65 Å². The van der Waals surface area contributed by atoms with E-state index in [1.807, 2.05) is 36.4 Å². The number of aromatic amines is 1. The van der Waals surface area contributed by atoms with Crippen LogP contribution in [0.5, 0.6) is 0 Å². The average Bonchev–Trinajstić information content (AvgIpc) is 2.79. The second-order valence-corrected chi connectivity index (χ2v) is 3.53. The van der Waals surface area contributed by atoms with Gasteiger partial charge in [0.05, 0.1) is 0 Å². The molecule has 0 fully saturated rings. The minimum Gasteiger partial charge on any atom is -0.329 e. The molecule has 0 saturated carbocycles. The Labute approximate surface area is 91.2 Å². The fourth-order valence-electron chi connectivity index (χ4n) is 1.73. The van der Waals surface area contributed by atoms with E-state index < -0.39 is 0 Å². The average molecular weight is 211 g/mol. The van der Waals surface area contributed by atoms with Gasteiger partial charge < -0.3 is 4.98 Å². The van der Waals surface area contributed by atoms with Gasteiger partial charge >= 0.3 is 0 Å². The maximum absolute atomic E-state index is 11.7. The van der Waals surface area contributed by atoms with Crippen LogP contribution in [-0.2, 0) is 0 Å². The van der Waals surface area contributed by atoms with Gasteiger partial charge in [-0.05, 0) is 17.2 Å². The Bertz CT molecular complexity index is 682. The van der Waals surface area contributed by atoms with Gasteiger partial charge in [-0.3, -0.25) is 4.79 Å². The van der Waals surface area contributed by atoms with Crippen LogP contribution in [-0.4, -0.2) is 14.6 Å². The van der Waals surface area contributed by atoms with Crippen molar-refractivity contribution in [1.82, 2.24) is 14.6 Å². The summed E-state index contributed by atoms with van der Waals surface area (Å²) in [5.41, 5.74) is 2.50. The van der Waals surface area contributed by atoms with Crippen LogP contribution in [0, 0.1) is 0 Å². The molecule has 2 heterocycles. The minimum absolute atomic E-state index is 0.127. The highest BCUT2D eigenvalue weighted by molar-refractivity contribution is 5.66. The summed E-state index contributed by atoms with van der Waals surface area (Å²) < 4.78 is 1.34. The predicted molar refractivity (Wildman–Crippen MR) is 61.2 cm³/mol. The van der Waals surface area contributed by atoms with Gasteiger partial charge in [0.2, 0.25) is 0 Å². The second-order valence-electron chi connectivity index (χ2n) is 3.53. The van der Waals surface area contributed by atoms with E-state index >= 15 is 0 Å². The number of rotatable bonds is 1. The summed E-state index contributed by atoms with van der Waals surface area (Å²) in [5.74, 6) is 0. The number of aromatic nitrogens is 3. The number of benzene rings is 1. The molecule has 1 aromatic carbocycles. The minimum atomic E-state index is -0.127. The molecule has 0 aliphatic heterocycles. The molecule has 3 rings (SSSR count). The quantitative estimate of drug-likeness (QED) is 0.665. The van der Waals surface area contributed by atoms with Crippen molar-refractivity contribution in [3.8, 4) is 11.1 Å². The molecule has 3 aromatic rings. The highest BCUT2D eigenvalue weighted by atomic mass is 16.1. The van der Waals surface area contributed by atoms with E-state index in [0.29, 0.717) is 5.65 Å². The van der Waals surface area contributed by atoms with E-state index in [1.54, 1.807) is 6.07 Å². The van der Waals surface area contributed by atoms with Crippen molar-refractivity contribution in [2.45, 2.75) is 0 Å². The predicted octanol–water partition coefficient (Wildman–Crippen LogP) is 1.69. The lowest BCUT2D eigenvalue weighted by Gasteiger charge is -2.00. The van der Waals surface area contributed by atoms with Crippen LogP contribution < -0.4 is 5.56 Å². The molecule has 0 spiro atoms. The van der Waals surface area contributed by atoms with Gasteiger partial charge in [-0.2, -0.15) is 9.61 Å². The van der Waals surface area contributed by atoms with Gasteiger partial charge in [-0.1, -0.05) is 30.3 Å². The van der Waals surface area contributed by atoms with Gasteiger partial charge in [-0.15, -0.1) is 0 Å². The number of pyridine rings is 1. The van der Waals surface area contributed by atoms with Crippen molar-refractivity contribution in [2.24, 2.45) is 0 Å². The SMILES string of the molecule is O=c1cc(-c2ccccc2)cc2[nH]cnn12. The molecule has 0 radical (unpaired) electrons. The van der Waals surface area contributed by atoms with E-state index in [-0.39, 0.29) is 5.56 Å². The zero-order valence-electron chi connectivity index (χ0n) is 8.42. The Morgan fingerprint density at radius 1 is 1.06 bits per heavy atom. The lowest BCUT2D eigenvalue weighted by Crippen LogP contribution is -2.12. The van der Waals surface area contributed by atoms with Crippen molar-refractivity contribution in [1.29, 1.82) is 0 Å². The van der Waals surface area contributed by atoms with Crippen molar-refractivity contribution in [3.05, 3.63) is 59.1 Å². The normalized spacial score (nSPS) is 10.8. The fourth-order valence-corrected chi connectivity index (χ4v) is 1.73. The van der Waals surface area contributed by atoms with E-state index in [2.05, 4.69) is 10.1 Å². The van der Waals surface area contributed by atoms with E-state index in [4.69, 9.17) is 0 Å². The summed E-state index contributed by atoms with van der Waals surface area (Å²) >= 11 is 0. The number of fused-ring (bicyclic) bond motifs is 1. The molecular weight excluding hydrogens is 202 g/mol. The zero-order valence-corrected chi connectivity index (χ0v) is 8.42. The number of nitrogens with one attached hydrogen (secondary N) is 1. The summed E-state index contributed by atoms with van der Waals surface area (Å²) in [6.07, 6.45) is 1.51. The molecule has 78 valence electrons. The van der Waals surface area contributed by atoms with Crippen LogP contribution in [0.4, 0.5) is 0 Å². The van der Waals surface area contributed by atoms with Gasteiger partial charge in [-0.25, -0.2) is 0 Å². The van der Waals surface area contributed by atoms with Crippen molar-refractivity contribution < 1.29 is 0 Å². The van der Waals surface area contributed by atoms with Crippen LogP contribution in [0.1, 0.15) is 0 Å². The summed E-state index contributed by atoms with van der Waals surface area (Å²) in [7, 11) is 0. The van der Waals surface area contributed by atoms with Gasteiger partial charge in [0, 0.05) is 6.07 Å². The lowest BCUT2D eigenvalue weighted by atomic mass is 10.1. The summed E-state index contributed by atoms with van der Waals surface area (Å²) in [5, 5.41) is 3.90. The van der Waals surface area contributed by atoms with Crippen molar-refractivity contribution in [2.75, 3.05) is 0 Å². The molecule has 4 heteroatoms. The Hall–Kier alpha value is -2.36. The van der Waals surface area contributed by atoms with Crippen LogP contribution in [0.15, 0.2) is 53.6 Å². The van der Waals surface area contributed by atoms with Gasteiger partial charge in [0.25, 0.3) is 5.56 Å². The molecule has 4 nitrogen and oxygen atoms in total. The van der Waals surface area contributed by atoms with Gasteiger partial charge in [0.1, 0.15) is 12.0 Å². The Balaban J connectivity index is 2.30. The van der Waals surface area contributed by atoms with Crippen molar-refractivity contribution in [3.63, 3.8) is 0 Å². The topological polar surface area (TPSA) is 50.2 Å². The number of H-pyrrole nitrogens is 1. The Kier molecular flexibility index (Phi) is 1.86. The Morgan fingerprint density at radius 3 is 2.69 bits per heavy atom. The maximum atomic E-state index is 11.7. The number of hydrogen-bond acceptors (Lipinski definition) is 2. The van der Waals surface area contributed by atoms with Crippen LogP contribution >= 0.6 is 0 Å². The first-order valence-corrected chi connectivity index (χ1v) is 4.96. The van der Waals surface area contributed by atoms with E-state index in [9.17, 15) is 4.79 Å². The van der Waals surface area contributed by atoms with Crippen LogP contribution in [0.3, 0.4) is 0 Å². The molecule has 1 N–H and O–H groups in total. The molecule has 0 saturated heterocycles. The monoisotopic (exact) mass is 211 g/mol. The molecule has 0 unspecified atom stereocenters. The first kappa shape index (κ1) is 8.91. The van der Waals surface area contributed by atoms with Gasteiger partial charge in [0.15, 0.2) is 0 Å². The second kappa shape index (κ2) is 3.34. The summed E-state index contributed by atoms with van der Waals surface area (Å²) in [6, 6.07) is 13.3. The Morgan fingerprint density at radius 2 is 1.88 bits per heavy atom. The number of hydrogen-bond donors (Lipinski definition) is 1. The van der Waals surface area contributed by atoms with E-state index in [0.717, 1.165) is 11.1 Å². The standard InChI is InChI=1S/C12H9N3O/c16-12-7-10(9-4-2-1-3-5-9)6-11-13-8-14-15(11)12/h1-8H,(H,13,14). The highest BCUT2D eigenvalue weighted by Crippen LogP contribution is 2.17. The molecule has 2 aromatic heterocycles. The highest BCUT2D eigenvalue weighted by Gasteiger charge is 2.03. The molecule has 0 aliphatic rings. The maximum Gasteiger partial charge on any atom is 0.273 e. The summed E-state index contributed by atoms with van der Waals surface area (Å²) in [6.45, 7) is 0. The first-order valence-electron chi connectivity index (χ1n) is 4.96. The zero-order chi connectivity index (χ0) is 11.0. The third kappa shape index (κ3) is 1.32. The van der Waals surface area contributed by atoms with Crippen LogP contribution in [0.25, 0.3) is 16.8 Å². The number of nitrogens with zero attached hydrogens (tertiary/aromatic N) is 2. The summed E-state index contributed by atoms with van der Waals surface area (Å²) in [4.78, 5) is 14.6. The molecule has 0 bridgehead atoms. The smallest absolute Gasteiger partial charge is 0.273 e. The molecular formula is C12H9N3O. The molecule has 0 aliphatic carbocycles. The largest absolute Gasteiger partial charge is 0.329 e.